The van der Waals surface area contributed by atoms with Crippen molar-refractivity contribution in [3.8, 4) is 0 Å². The summed E-state index contributed by atoms with van der Waals surface area (Å²) in [5.74, 6) is -1.97. The number of hydrogen-bond acceptors (Lipinski definition) is 4. The summed E-state index contributed by atoms with van der Waals surface area (Å²) in [5.41, 5.74) is 0. The predicted molar refractivity (Wildman–Crippen MR) is 41.4 cm³/mol. The zero-order chi connectivity index (χ0) is 9.84. The molecule has 0 aromatic heterocycles. The Bertz CT molecular complexity index is 217. The molecule has 1 heterocycles. The fraction of sp³-hybridized carbons (Fsp3) is 0.714. The van der Waals surface area contributed by atoms with Gasteiger partial charge >= 0.3 is 11.9 Å². The quantitative estimate of drug-likeness (QED) is 0.519. The highest BCUT2D eigenvalue weighted by Crippen LogP contribution is 2.10. The van der Waals surface area contributed by atoms with Gasteiger partial charge in [0.2, 0.25) is 0 Å². The van der Waals surface area contributed by atoms with Gasteiger partial charge in [-0.1, -0.05) is 0 Å². The molecule has 74 valence electrons. The fourth-order valence-corrected chi connectivity index (χ4v) is 1.21. The van der Waals surface area contributed by atoms with Crippen LogP contribution in [-0.2, 0) is 14.3 Å². The number of nitrogens with one attached hydrogen (secondary N) is 1. The van der Waals surface area contributed by atoms with E-state index in [9.17, 15) is 9.59 Å². The Morgan fingerprint density at radius 1 is 1.46 bits per heavy atom. The van der Waals surface area contributed by atoms with E-state index in [2.05, 4.69) is 5.32 Å². The van der Waals surface area contributed by atoms with Gasteiger partial charge in [0.1, 0.15) is 12.6 Å². The van der Waals surface area contributed by atoms with Crippen LogP contribution in [0.15, 0.2) is 0 Å². The van der Waals surface area contributed by atoms with Crippen molar-refractivity contribution >= 4 is 11.9 Å². The third-order valence-electron chi connectivity index (χ3n) is 1.83. The van der Waals surface area contributed by atoms with Crippen molar-refractivity contribution < 1.29 is 24.5 Å². The van der Waals surface area contributed by atoms with Gasteiger partial charge in [-0.05, 0) is 0 Å². The smallest absolute Gasteiger partial charge is 0.329 e. The van der Waals surface area contributed by atoms with Gasteiger partial charge in [0.05, 0.1) is 6.10 Å². The standard InChI is InChI=1S/C7H11NO5/c9-6(10)3-13-4-1-5(7(11)12)8-2-4/h4-5,8H,1-3H2,(H,9,10)(H,11,12)/t4-,5?/m0/s1. The van der Waals surface area contributed by atoms with Crippen LogP contribution in [0.3, 0.4) is 0 Å². The number of rotatable bonds is 4. The molecule has 13 heavy (non-hydrogen) atoms. The molecule has 0 aromatic rings. The minimum Gasteiger partial charge on any atom is -0.480 e. The summed E-state index contributed by atoms with van der Waals surface area (Å²) in [7, 11) is 0. The Kier molecular flexibility index (Phi) is 3.21. The lowest BCUT2D eigenvalue weighted by atomic mass is 10.2. The second kappa shape index (κ2) is 4.20. The van der Waals surface area contributed by atoms with Crippen LogP contribution in [0.4, 0.5) is 0 Å². The minimum atomic E-state index is -1.04. The summed E-state index contributed by atoms with van der Waals surface area (Å²) in [6.45, 7) is 0.0168. The van der Waals surface area contributed by atoms with Crippen molar-refractivity contribution in [3.05, 3.63) is 0 Å². The highest BCUT2D eigenvalue weighted by Gasteiger charge is 2.29. The second-order valence-corrected chi connectivity index (χ2v) is 2.86. The van der Waals surface area contributed by atoms with Crippen molar-refractivity contribution in [1.29, 1.82) is 0 Å². The van der Waals surface area contributed by atoms with E-state index in [4.69, 9.17) is 14.9 Å². The number of carboxylic acid groups (broad SMARTS) is 2. The zero-order valence-electron chi connectivity index (χ0n) is 6.90. The summed E-state index contributed by atoms with van der Waals surface area (Å²) >= 11 is 0. The SMILES string of the molecule is O=C(O)CO[C@@H]1CNC(C(=O)O)C1. The molecule has 0 spiro atoms. The van der Waals surface area contributed by atoms with Crippen molar-refractivity contribution in [3.63, 3.8) is 0 Å². The molecule has 6 nitrogen and oxygen atoms in total. The van der Waals surface area contributed by atoms with E-state index >= 15 is 0 Å². The first-order valence-electron chi connectivity index (χ1n) is 3.89. The lowest BCUT2D eigenvalue weighted by molar-refractivity contribution is -0.144. The fourth-order valence-electron chi connectivity index (χ4n) is 1.21. The molecule has 0 aliphatic carbocycles. The minimum absolute atomic E-state index is 0.308. The van der Waals surface area contributed by atoms with Gasteiger partial charge < -0.3 is 20.3 Å². The summed E-state index contributed by atoms with van der Waals surface area (Å²) in [5, 5.41) is 19.6. The summed E-state index contributed by atoms with van der Waals surface area (Å²) in [6.07, 6.45) is 0.0139. The molecule has 0 radical (unpaired) electrons. The molecule has 1 saturated heterocycles. The van der Waals surface area contributed by atoms with E-state index in [1.807, 2.05) is 0 Å². The van der Waals surface area contributed by atoms with Crippen LogP contribution in [0.1, 0.15) is 6.42 Å². The number of aliphatic carboxylic acids is 2. The average Bonchev–Trinajstić information content (AvgIpc) is 2.48. The van der Waals surface area contributed by atoms with Gasteiger partial charge in [-0.15, -0.1) is 0 Å². The normalized spacial score (nSPS) is 27.4. The molecule has 1 unspecified atom stereocenters. The molecular weight excluding hydrogens is 178 g/mol. The molecule has 0 aromatic carbocycles. The first-order chi connectivity index (χ1) is 6.09. The maximum Gasteiger partial charge on any atom is 0.329 e. The number of carbonyl (C=O) groups is 2. The first-order valence-corrected chi connectivity index (χ1v) is 3.89. The maximum atomic E-state index is 10.5. The Hall–Kier alpha value is -1.14. The molecule has 1 aliphatic heterocycles. The topological polar surface area (TPSA) is 95.9 Å². The largest absolute Gasteiger partial charge is 0.480 e. The molecule has 2 atom stereocenters. The van der Waals surface area contributed by atoms with Crippen LogP contribution in [0, 0.1) is 0 Å². The van der Waals surface area contributed by atoms with Gasteiger partial charge in [0.25, 0.3) is 0 Å². The summed E-state index contributed by atoms with van der Waals surface area (Å²) in [6, 6.07) is -0.612. The molecule has 1 rings (SSSR count). The molecular formula is C7H11NO5. The predicted octanol–water partition coefficient (Wildman–Crippen LogP) is -1.10. The third kappa shape index (κ3) is 3.00. The Morgan fingerprint density at radius 2 is 2.15 bits per heavy atom. The van der Waals surface area contributed by atoms with Crippen molar-refractivity contribution in [2.24, 2.45) is 0 Å². The van der Waals surface area contributed by atoms with Crippen LogP contribution in [-0.4, -0.2) is 47.4 Å². The third-order valence-corrected chi connectivity index (χ3v) is 1.83. The van der Waals surface area contributed by atoms with Crippen molar-refractivity contribution in [1.82, 2.24) is 5.32 Å². The van der Waals surface area contributed by atoms with Gasteiger partial charge in [-0.2, -0.15) is 0 Å². The maximum absolute atomic E-state index is 10.5. The molecule has 1 aliphatic rings. The van der Waals surface area contributed by atoms with Crippen molar-refractivity contribution in [2.45, 2.75) is 18.6 Å². The van der Waals surface area contributed by atoms with E-state index in [1.54, 1.807) is 0 Å². The van der Waals surface area contributed by atoms with Gasteiger partial charge in [-0.25, -0.2) is 4.79 Å². The summed E-state index contributed by atoms with van der Waals surface area (Å²) < 4.78 is 4.92. The Balaban J connectivity index is 2.25. The van der Waals surface area contributed by atoms with Crippen LogP contribution >= 0.6 is 0 Å². The lowest BCUT2D eigenvalue weighted by Gasteiger charge is -2.07. The van der Waals surface area contributed by atoms with E-state index in [0.29, 0.717) is 13.0 Å². The lowest BCUT2D eigenvalue weighted by Crippen LogP contribution is -2.30. The van der Waals surface area contributed by atoms with Crippen LogP contribution in [0.5, 0.6) is 0 Å². The van der Waals surface area contributed by atoms with Crippen molar-refractivity contribution in [2.75, 3.05) is 13.2 Å². The van der Waals surface area contributed by atoms with Gasteiger partial charge in [0, 0.05) is 13.0 Å². The van der Waals surface area contributed by atoms with Crippen LogP contribution < -0.4 is 5.32 Å². The number of carboxylic acids is 2. The van der Waals surface area contributed by atoms with E-state index in [1.165, 1.54) is 0 Å². The Labute approximate surface area is 74.5 Å². The highest BCUT2D eigenvalue weighted by atomic mass is 16.5. The van der Waals surface area contributed by atoms with E-state index in [0.717, 1.165) is 0 Å². The average molecular weight is 189 g/mol. The molecule has 0 amide bonds. The number of hydrogen-bond donors (Lipinski definition) is 3. The van der Waals surface area contributed by atoms with Crippen LogP contribution in [0.25, 0.3) is 0 Å². The monoisotopic (exact) mass is 189 g/mol. The molecule has 6 heteroatoms. The van der Waals surface area contributed by atoms with Crippen LogP contribution in [0.2, 0.25) is 0 Å². The zero-order valence-corrected chi connectivity index (χ0v) is 6.90. The summed E-state index contributed by atoms with van der Waals surface area (Å²) in [4.78, 5) is 20.6. The molecule has 0 saturated carbocycles. The van der Waals surface area contributed by atoms with Gasteiger partial charge in [-0.3, -0.25) is 4.79 Å². The molecule has 0 bridgehead atoms. The molecule has 3 N–H and O–H groups in total. The number of ether oxygens (including phenoxy) is 1. The Morgan fingerprint density at radius 3 is 2.62 bits per heavy atom. The van der Waals surface area contributed by atoms with E-state index in [-0.39, 0.29) is 12.7 Å². The second-order valence-electron chi connectivity index (χ2n) is 2.86. The molecule has 1 fully saturated rings. The van der Waals surface area contributed by atoms with Gasteiger partial charge in [0.15, 0.2) is 0 Å². The first kappa shape index (κ1) is 9.94. The highest BCUT2D eigenvalue weighted by molar-refractivity contribution is 5.74. The van der Waals surface area contributed by atoms with E-state index < -0.39 is 18.0 Å².